The quantitative estimate of drug-likeness (QED) is 0.273. The normalized spacial score (nSPS) is 20.0. The Morgan fingerprint density at radius 3 is 2.08 bits per heavy atom. The Balaban J connectivity index is 1.50. The van der Waals surface area contributed by atoms with Crippen molar-refractivity contribution < 1.29 is 49.9 Å². The lowest BCUT2D eigenvalue weighted by molar-refractivity contribution is -0.172. The molecule has 2 aliphatic rings. The van der Waals surface area contributed by atoms with E-state index in [0.29, 0.717) is 24.1 Å². The Kier molecular flexibility index (Phi) is 10.5. The van der Waals surface area contributed by atoms with Crippen LogP contribution in [0.25, 0.3) is 0 Å². The lowest BCUT2D eigenvalue weighted by Crippen LogP contribution is -2.73. The van der Waals surface area contributed by atoms with Gasteiger partial charge in [-0.15, -0.1) is 0 Å². The number of amides is 3. The summed E-state index contributed by atoms with van der Waals surface area (Å²) >= 11 is 0. The summed E-state index contributed by atoms with van der Waals surface area (Å²) in [5.74, 6) is -1.32. The van der Waals surface area contributed by atoms with E-state index in [0.717, 1.165) is 5.56 Å². The minimum atomic E-state index is -5.10. The van der Waals surface area contributed by atoms with Gasteiger partial charge in [0.15, 0.2) is 0 Å². The molecule has 2 N–H and O–H groups in total. The maximum Gasteiger partial charge on any atom is 0.416 e. The molecule has 0 aromatic heterocycles. The third-order valence-corrected chi connectivity index (χ3v) is 8.55. The highest BCUT2D eigenvalue weighted by atomic mass is 19.4. The third-order valence-electron chi connectivity index (χ3n) is 8.55. The van der Waals surface area contributed by atoms with Crippen molar-refractivity contribution >= 4 is 17.9 Å². The van der Waals surface area contributed by atoms with Crippen molar-refractivity contribution in [2.24, 2.45) is 5.73 Å². The van der Waals surface area contributed by atoms with Crippen molar-refractivity contribution in [3.8, 4) is 0 Å². The van der Waals surface area contributed by atoms with Gasteiger partial charge in [-0.25, -0.2) is 9.18 Å². The maximum atomic E-state index is 14.0. The number of hydrogen-bond acceptors (Lipinski definition) is 5. The average Bonchev–Trinajstić information content (AvgIpc) is 3.04. The van der Waals surface area contributed by atoms with E-state index in [1.54, 1.807) is 30.3 Å². The van der Waals surface area contributed by atoms with Crippen molar-refractivity contribution in [3.63, 3.8) is 0 Å². The average molecular weight is 695 g/mol. The molecular weight excluding hydrogens is 661 g/mol. The second-order valence-corrected chi connectivity index (χ2v) is 12.0. The largest absolute Gasteiger partial charge is 0.444 e. The van der Waals surface area contributed by atoms with Crippen LogP contribution in [0.5, 0.6) is 0 Å². The van der Waals surface area contributed by atoms with Gasteiger partial charge < -0.3 is 20.3 Å². The first-order chi connectivity index (χ1) is 23.2. The number of nitrogens with two attached hydrogens (primary N) is 1. The summed E-state index contributed by atoms with van der Waals surface area (Å²) in [5, 5.41) is 0. The van der Waals surface area contributed by atoms with Gasteiger partial charge in [0.2, 0.25) is 11.8 Å². The molecule has 3 amide bonds. The predicted molar refractivity (Wildman–Crippen MR) is 162 cm³/mol. The second-order valence-electron chi connectivity index (χ2n) is 12.0. The summed E-state index contributed by atoms with van der Waals surface area (Å²) in [7, 11) is 0. The predicted octanol–water partition coefficient (Wildman–Crippen LogP) is 6.12. The van der Waals surface area contributed by atoms with Crippen molar-refractivity contribution in [3.05, 3.63) is 106 Å². The smallest absolute Gasteiger partial charge is 0.416 e. The Hall–Kier alpha value is -4.66. The minimum absolute atomic E-state index is 0.00740. The molecule has 3 aromatic rings. The molecule has 5 rings (SSSR count). The number of ether oxygens (including phenoxy) is 1. The second kappa shape index (κ2) is 14.4. The highest BCUT2D eigenvalue weighted by Gasteiger charge is 2.52. The zero-order valence-corrected chi connectivity index (χ0v) is 26.0. The molecule has 8 nitrogen and oxygen atoms in total. The number of nitrogens with zero attached hydrogens (tertiary/aromatic N) is 3. The van der Waals surface area contributed by atoms with Crippen LogP contribution in [0.2, 0.25) is 0 Å². The summed E-state index contributed by atoms with van der Waals surface area (Å²) in [5.41, 5.74) is 3.38. The van der Waals surface area contributed by atoms with Crippen LogP contribution >= 0.6 is 0 Å². The number of hydrogen-bond donors (Lipinski definition) is 1. The molecule has 0 radical (unpaired) electrons. The Labute approximate surface area is 277 Å². The molecule has 262 valence electrons. The van der Waals surface area contributed by atoms with E-state index < -0.39 is 77.6 Å². The van der Waals surface area contributed by atoms with Crippen molar-refractivity contribution in [2.45, 2.75) is 69.4 Å². The van der Waals surface area contributed by atoms with Gasteiger partial charge in [-0.1, -0.05) is 42.5 Å². The number of carbonyl (C=O) groups is 3. The summed E-state index contributed by atoms with van der Waals surface area (Å²) in [6.07, 6.45) is -12.0. The van der Waals surface area contributed by atoms with Gasteiger partial charge in [-0.2, -0.15) is 26.3 Å². The maximum absolute atomic E-state index is 14.0. The zero-order chi connectivity index (χ0) is 35.5. The lowest BCUT2D eigenvalue weighted by Gasteiger charge is -2.54. The number of alkyl halides is 6. The first kappa shape index (κ1) is 35.6. The van der Waals surface area contributed by atoms with Crippen LogP contribution in [0.15, 0.2) is 72.8 Å². The van der Waals surface area contributed by atoms with Crippen LogP contribution in [0, 0.1) is 5.82 Å². The van der Waals surface area contributed by atoms with Gasteiger partial charge in [0.1, 0.15) is 24.6 Å². The molecule has 0 aliphatic carbocycles. The number of benzene rings is 3. The standard InChI is InChI=1S/C34H33F7N4O4/c35-26-10-8-22(9-11-26)18-43-19-29-44(32(48)49-20-23-13-24(33(36,37)38)16-25(14-23)34(39,40)41)27(15-21-5-2-1-3-6-21)17-30(46)45(29)28(31(43)47)7-4-12-42/h1-3,5-6,8-11,13-14,16,27-29H,4,7,12,15,17-20,42H2/t27?,28-,29?/m0/s1. The highest BCUT2D eigenvalue weighted by Crippen LogP contribution is 2.37. The Morgan fingerprint density at radius 2 is 1.49 bits per heavy atom. The summed E-state index contributed by atoms with van der Waals surface area (Å²) in [6, 6.07) is 13.3. The van der Waals surface area contributed by atoms with E-state index in [2.05, 4.69) is 0 Å². The van der Waals surface area contributed by atoms with Crippen LogP contribution in [-0.2, 0) is 46.3 Å². The van der Waals surface area contributed by atoms with Gasteiger partial charge in [0, 0.05) is 19.0 Å². The van der Waals surface area contributed by atoms with E-state index in [-0.39, 0.29) is 45.0 Å². The van der Waals surface area contributed by atoms with Crippen molar-refractivity contribution in [1.82, 2.24) is 14.7 Å². The molecule has 3 aromatic carbocycles. The monoisotopic (exact) mass is 694 g/mol. The Bertz CT molecular complexity index is 1620. The van der Waals surface area contributed by atoms with Crippen molar-refractivity contribution in [2.75, 3.05) is 13.1 Å². The van der Waals surface area contributed by atoms with Crippen LogP contribution in [0.4, 0.5) is 35.5 Å². The topological polar surface area (TPSA) is 96.2 Å². The Morgan fingerprint density at radius 1 is 0.857 bits per heavy atom. The SMILES string of the molecule is NCCC[C@H]1C(=O)N(Cc2ccc(F)cc2)CC2N(C(=O)OCc3cc(C(F)(F)F)cc(C(F)(F)F)c3)C(Cc3ccccc3)CC(=O)N21. The fourth-order valence-electron chi connectivity index (χ4n) is 6.30. The fourth-order valence-corrected chi connectivity index (χ4v) is 6.30. The fraction of sp³-hybridized carbons (Fsp3) is 0.382. The number of rotatable bonds is 9. The molecule has 2 saturated heterocycles. The van der Waals surface area contributed by atoms with Crippen LogP contribution < -0.4 is 5.73 Å². The van der Waals surface area contributed by atoms with Gasteiger partial charge in [-0.05, 0) is 72.8 Å². The molecular formula is C34H33F7N4O4. The molecule has 49 heavy (non-hydrogen) atoms. The van der Waals surface area contributed by atoms with Gasteiger partial charge in [-0.3, -0.25) is 14.5 Å². The first-order valence-corrected chi connectivity index (χ1v) is 15.5. The van der Waals surface area contributed by atoms with Crippen LogP contribution in [-0.4, -0.2) is 63.9 Å². The van der Waals surface area contributed by atoms with Gasteiger partial charge >= 0.3 is 18.4 Å². The van der Waals surface area contributed by atoms with Crippen molar-refractivity contribution in [1.29, 1.82) is 0 Å². The third kappa shape index (κ3) is 8.32. The highest BCUT2D eigenvalue weighted by molar-refractivity contribution is 5.91. The molecule has 2 aliphatic heterocycles. The van der Waals surface area contributed by atoms with E-state index in [1.165, 1.54) is 39.0 Å². The molecule has 2 fully saturated rings. The minimum Gasteiger partial charge on any atom is -0.444 e. The van der Waals surface area contributed by atoms with E-state index >= 15 is 0 Å². The molecule has 0 bridgehead atoms. The summed E-state index contributed by atoms with van der Waals surface area (Å²) in [4.78, 5) is 45.5. The lowest BCUT2D eigenvalue weighted by atomic mass is 9.93. The van der Waals surface area contributed by atoms with Gasteiger partial charge in [0.05, 0.1) is 17.7 Å². The molecule has 0 spiro atoms. The van der Waals surface area contributed by atoms with Crippen LogP contribution in [0.3, 0.4) is 0 Å². The summed E-state index contributed by atoms with van der Waals surface area (Å²) < 4.78 is 100. The van der Waals surface area contributed by atoms with E-state index in [9.17, 15) is 45.1 Å². The van der Waals surface area contributed by atoms with Crippen LogP contribution in [0.1, 0.15) is 47.1 Å². The zero-order valence-electron chi connectivity index (χ0n) is 26.0. The molecule has 15 heteroatoms. The van der Waals surface area contributed by atoms with E-state index in [1.807, 2.05) is 0 Å². The number of halogens is 7. The number of piperazine rings is 1. The first-order valence-electron chi connectivity index (χ1n) is 15.5. The molecule has 0 saturated carbocycles. The number of fused-ring (bicyclic) bond motifs is 1. The molecule has 3 atom stereocenters. The number of carbonyl (C=O) groups excluding carboxylic acids is 3. The van der Waals surface area contributed by atoms with Gasteiger partial charge in [0.25, 0.3) is 0 Å². The summed E-state index contributed by atoms with van der Waals surface area (Å²) in [6.45, 7) is -0.916. The molecule has 2 heterocycles. The van der Waals surface area contributed by atoms with E-state index in [4.69, 9.17) is 10.5 Å². The molecule has 2 unspecified atom stereocenters.